The van der Waals surface area contributed by atoms with Crippen LogP contribution in [0.5, 0.6) is 5.75 Å². The van der Waals surface area contributed by atoms with Gasteiger partial charge in [0.05, 0.1) is 13.5 Å². The molecular weight excluding hydrogens is 382 g/mol. The van der Waals surface area contributed by atoms with E-state index >= 15 is 0 Å². The molecule has 25 heavy (non-hydrogen) atoms. The highest BCUT2D eigenvalue weighted by Gasteiger charge is 2.35. The summed E-state index contributed by atoms with van der Waals surface area (Å²) in [5.74, 6) is 0.887. The number of rotatable bonds is 5. The number of hydrazine groups is 1. The van der Waals surface area contributed by atoms with Gasteiger partial charge in [-0.1, -0.05) is 40.2 Å². The molecule has 2 aromatic carbocycles. The Balaban J connectivity index is 1.67. The Morgan fingerprint density at radius 1 is 1.20 bits per heavy atom. The number of methoxy groups -OCH3 is 1. The van der Waals surface area contributed by atoms with Crippen LogP contribution in [0.3, 0.4) is 0 Å². The molecule has 0 radical (unpaired) electrons. The summed E-state index contributed by atoms with van der Waals surface area (Å²) in [6.07, 6.45) is 0.158. The van der Waals surface area contributed by atoms with Crippen molar-refractivity contribution < 1.29 is 9.53 Å². The zero-order valence-corrected chi connectivity index (χ0v) is 15.8. The van der Waals surface area contributed by atoms with Crippen LogP contribution < -0.4 is 20.9 Å². The van der Waals surface area contributed by atoms with Crippen molar-refractivity contribution in [3.8, 4) is 5.75 Å². The van der Waals surface area contributed by atoms with E-state index in [1.165, 1.54) is 5.56 Å². The van der Waals surface area contributed by atoms with E-state index in [-0.39, 0.29) is 24.0 Å². The lowest BCUT2D eigenvalue weighted by Crippen LogP contribution is -2.46. The minimum Gasteiger partial charge on any atom is -0.497 e. The van der Waals surface area contributed by atoms with Gasteiger partial charge >= 0.3 is 0 Å². The third-order valence-electron chi connectivity index (χ3n) is 4.43. The molecule has 0 spiro atoms. The first-order valence-electron chi connectivity index (χ1n) is 8.25. The Morgan fingerprint density at radius 2 is 1.96 bits per heavy atom. The average Bonchev–Trinajstić information content (AvgIpc) is 2.96. The topological polar surface area (TPSA) is 62.4 Å². The molecule has 1 heterocycles. The number of halogens is 1. The minimum atomic E-state index is -0.158. The molecule has 0 saturated carbocycles. The molecular formula is C19H22BrN3O2. The number of hydrogen-bond acceptors (Lipinski definition) is 4. The van der Waals surface area contributed by atoms with Gasteiger partial charge in [0.15, 0.2) is 0 Å². The number of benzene rings is 2. The summed E-state index contributed by atoms with van der Waals surface area (Å²) < 4.78 is 6.25. The van der Waals surface area contributed by atoms with Crippen LogP contribution in [0.4, 0.5) is 0 Å². The van der Waals surface area contributed by atoms with Crippen molar-refractivity contribution >= 4 is 21.8 Å². The molecule has 132 valence electrons. The molecule has 5 nitrogen and oxygen atoms in total. The molecule has 1 saturated heterocycles. The van der Waals surface area contributed by atoms with Crippen LogP contribution in [0.1, 0.15) is 24.0 Å². The second-order valence-corrected chi connectivity index (χ2v) is 7.14. The standard InChI is InChI=1S/C19H22BrN3O2/c1-12-18(14-6-8-15(20)9-7-14)19(23-22-12)21-17(24)11-13-4-3-5-16(10-13)25-2/h3-10,12,18-19,22-23H,11H2,1-2H3,(H,21,24). The first kappa shape index (κ1) is 17.9. The summed E-state index contributed by atoms with van der Waals surface area (Å²) in [6, 6.07) is 16.0. The molecule has 2 aromatic rings. The van der Waals surface area contributed by atoms with E-state index in [0.29, 0.717) is 6.42 Å². The summed E-state index contributed by atoms with van der Waals surface area (Å²) in [5, 5.41) is 3.09. The molecule has 3 N–H and O–H groups in total. The fourth-order valence-corrected chi connectivity index (χ4v) is 3.44. The lowest BCUT2D eigenvalue weighted by atomic mass is 9.91. The van der Waals surface area contributed by atoms with Gasteiger partial charge < -0.3 is 10.1 Å². The predicted octanol–water partition coefficient (Wildman–Crippen LogP) is 2.72. The van der Waals surface area contributed by atoms with E-state index in [4.69, 9.17) is 4.74 Å². The van der Waals surface area contributed by atoms with E-state index in [9.17, 15) is 4.79 Å². The second kappa shape index (κ2) is 7.99. The molecule has 0 bridgehead atoms. The van der Waals surface area contributed by atoms with Crippen LogP contribution in [0.2, 0.25) is 0 Å². The minimum absolute atomic E-state index is 0.0243. The highest BCUT2D eigenvalue weighted by atomic mass is 79.9. The number of carbonyl (C=O) groups is 1. The third kappa shape index (κ3) is 4.39. The largest absolute Gasteiger partial charge is 0.497 e. The SMILES string of the molecule is COc1cccc(CC(=O)NC2NNC(C)C2c2ccc(Br)cc2)c1. The molecule has 1 aliphatic rings. The fourth-order valence-electron chi connectivity index (χ4n) is 3.17. The van der Waals surface area contributed by atoms with Gasteiger partial charge in [-0.2, -0.15) is 0 Å². The molecule has 0 aromatic heterocycles. The summed E-state index contributed by atoms with van der Waals surface area (Å²) in [5.41, 5.74) is 8.52. The zero-order valence-electron chi connectivity index (χ0n) is 14.3. The van der Waals surface area contributed by atoms with E-state index in [1.54, 1.807) is 7.11 Å². The van der Waals surface area contributed by atoms with Crippen molar-refractivity contribution in [2.24, 2.45) is 0 Å². The molecule has 1 fully saturated rings. The van der Waals surface area contributed by atoms with Crippen LogP contribution in [0.25, 0.3) is 0 Å². The van der Waals surface area contributed by atoms with Gasteiger partial charge in [-0.15, -0.1) is 0 Å². The molecule has 1 amide bonds. The number of carbonyl (C=O) groups excluding carboxylic acids is 1. The first-order valence-corrected chi connectivity index (χ1v) is 9.05. The van der Waals surface area contributed by atoms with E-state index in [0.717, 1.165) is 15.8 Å². The summed E-state index contributed by atoms with van der Waals surface area (Å²) in [7, 11) is 1.62. The molecule has 3 unspecified atom stereocenters. The van der Waals surface area contributed by atoms with Crippen molar-refractivity contribution in [2.75, 3.05) is 7.11 Å². The monoisotopic (exact) mass is 403 g/mol. The Labute approximate surface area is 156 Å². The maximum absolute atomic E-state index is 12.5. The van der Waals surface area contributed by atoms with Gasteiger partial charge in [-0.05, 0) is 42.3 Å². The number of ether oxygens (including phenoxy) is 1. The van der Waals surface area contributed by atoms with Gasteiger partial charge in [0, 0.05) is 16.4 Å². The number of amides is 1. The number of hydrogen-bond donors (Lipinski definition) is 3. The van der Waals surface area contributed by atoms with Gasteiger partial charge in [0.1, 0.15) is 11.9 Å². The van der Waals surface area contributed by atoms with Crippen LogP contribution in [-0.4, -0.2) is 25.2 Å². The molecule has 3 rings (SSSR count). The molecule has 6 heteroatoms. The average molecular weight is 404 g/mol. The van der Waals surface area contributed by atoms with Gasteiger partial charge in [-0.25, -0.2) is 5.43 Å². The highest BCUT2D eigenvalue weighted by Crippen LogP contribution is 2.27. The second-order valence-electron chi connectivity index (χ2n) is 6.23. The fraction of sp³-hybridized carbons (Fsp3) is 0.316. The van der Waals surface area contributed by atoms with Crippen molar-refractivity contribution in [3.05, 3.63) is 64.1 Å². The summed E-state index contributed by atoms with van der Waals surface area (Å²) >= 11 is 3.46. The van der Waals surface area contributed by atoms with Crippen LogP contribution >= 0.6 is 15.9 Å². The van der Waals surface area contributed by atoms with E-state index < -0.39 is 0 Å². The van der Waals surface area contributed by atoms with Crippen molar-refractivity contribution in [3.63, 3.8) is 0 Å². The van der Waals surface area contributed by atoms with Crippen LogP contribution in [0.15, 0.2) is 53.0 Å². The Hall–Kier alpha value is -1.89. The van der Waals surface area contributed by atoms with Crippen molar-refractivity contribution in [1.82, 2.24) is 16.2 Å². The molecule has 0 aliphatic carbocycles. The lowest BCUT2D eigenvalue weighted by Gasteiger charge is -2.22. The maximum Gasteiger partial charge on any atom is 0.225 e. The normalized spacial score (nSPS) is 22.6. The van der Waals surface area contributed by atoms with E-state index in [2.05, 4.69) is 51.2 Å². The third-order valence-corrected chi connectivity index (χ3v) is 4.96. The first-order chi connectivity index (χ1) is 12.1. The number of nitrogens with one attached hydrogen (secondary N) is 3. The van der Waals surface area contributed by atoms with Crippen molar-refractivity contribution in [2.45, 2.75) is 31.5 Å². The quantitative estimate of drug-likeness (QED) is 0.717. The predicted molar refractivity (Wildman–Crippen MR) is 101 cm³/mol. The Bertz CT molecular complexity index is 736. The smallest absolute Gasteiger partial charge is 0.225 e. The van der Waals surface area contributed by atoms with E-state index in [1.807, 2.05) is 36.4 Å². The Kier molecular flexibility index (Phi) is 5.73. The van der Waals surface area contributed by atoms with Gasteiger partial charge in [-0.3, -0.25) is 10.2 Å². The van der Waals surface area contributed by atoms with Gasteiger partial charge in [0.25, 0.3) is 0 Å². The molecule has 1 aliphatic heterocycles. The van der Waals surface area contributed by atoms with Crippen molar-refractivity contribution in [1.29, 1.82) is 0 Å². The highest BCUT2D eigenvalue weighted by molar-refractivity contribution is 9.10. The summed E-state index contributed by atoms with van der Waals surface area (Å²) in [6.45, 7) is 2.11. The van der Waals surface area contributed by atoms with Crippen LogP contribution in [0, 0.1) is 0 Å². The zero-order chi connectivity index (χ0) is 17.8. The summed E-state index contributed by atoms with van der Waals surface area (Å²) in [4.78, 5) is 12.5. The lowest BCUT2D eigenvalue weighted by molar-refractivity contribution is -0.121. The molecule has 3 atom stereocenters. The Morgan fingerprint density at radius 3 is 2.68 bits per heavy atom. The maximum atomic E-state index is 12.5. The van der Waals surface area contributed by atoms with Gasteiger partial charge in [0.2, 0.25) is 5.91 Å². The van der Waals surface area contributed by atoms with Crippen LogP contribution in [-0.2, 0) is 11.2 Å².